The number of hydrogen-bond donors (Lipinski definition) is 1. The van der Waals surface area contributed by atoms with Gasteiger partial charge in [-0.2, -0.15) is 0 Å². The highest BCUT2D eigenvalue weighted by atomic mass is 127. The van der Waals surface area contributed by atoms with Crippen molar-refractivity contribution in [3.63, 3.8) is 0 Å². The van der Waals surface area contributed by atoms with Gasteiger partial charge in [-0.3, -0.25) is 0 Å². The topological polar surface area (TPSA) is 56.7 Å². The number of anilines is 1. The van der Waals surface area contributed by atoms with Crippen molar-refractivity contribution in [1.82, 2.24) is 14.5 Å². The summed E-state index contributed by atoms with van der Waals surface area (Å²) in [6.07, 6.45) is 3.71. The van der Waals surface area contributed by atoms with E-state index < -0.39 is 0 Å². The maximum atomic E-state index is 5.98. The molecule has 0 aliphatic carbocycles. The van der Waals surface area contributed by atoms with Crippen LogP contribution < -0.4 is 5.73 Å². The van der Waals surface area contributed by atoms with E-state index in [0.717, 1.165) is 15.5 Å². The largest absolute Gasteiger partial charge is 0.383 e. The van der Waals surface area contributed by atoms with Gasteiger partial charge in [0.2, 0.25) is 0 Å². The summed E-state index contributed by atoms with van der Waals surface area (Å²) in [6, 6.07) is 0.417. The SMILES string of the molecule is CC(C)c1cn(C(C)CI)c2ncnc(N)c12. The Balaban J connectivity index is 2.75. The molecule has 2 rings (SSSR count). The van der Waals surface area contributed by atoms with Crippen molar-refractivity contribution in [2.75, 3.05) is 10.2 Å². The first-order chi connectivity index (χ1) is 8.06. The van der Waals surface area contributed by atoms with Gasteiger partial charge in [-0.25, -0.2) is 9.97 Å². The lowest BCUT2D eigenvalue weighted by molar-refractivity contribution is 0.631. The van der Waals surface area contributed by atoms with Crippen LogP contribution >= 0.6 is 22.6 Å². The van der Waals surface area contributed by atoms with Crippen LogP contribution in [0.15, 0.2) is 12.5 Å². The maximum absolute atomic E-state index is 5.98. The molecule has 0 saturated carbocycles. The average molecular weight is 344 g/mol. The zero-order valence-electron chi connectivity index (χ0n) is 10.3. The number of nitrogen functional groups attached to an aromatic ring is 1. The lowest BCUT2D eigenvalue weighted by Gasteiger charge is -2.10. The molecule has 92 valence electrons. The third kappa shape index (κ3) is 2.12. The van der Waals surface area contributed by atoms with E-state index in [9.17, 15) is 0 Å². The zero-order valence-corrected chi connectivity index (χ0v) is 12.5. The molecule has 2 heterocycles. The molecule has 2 N–H and O–H groups in total. The van der Waals surface area contributed by atoms with Gasteiger partial charge >= 0.3 is 0 Å². The van der Waals surface area contributed by atoms with E-state index in [1.54, 1.807) is 0 Å². The number of alkyl halides is 1. The molecular formula is C12H17IN4. The smallest absolute Gasteiger partial charge is 0.146 e. The normalized spacial score (nSPS) is 13.5. The monoisotopic (exact) mass is 344 g/mol. The number of hydrogen-bond acceptors (Lipinski definition) is 3. The fourth-order valence-corrected chi connectivity index (χ4v) is 2.41. The number of nitrogens with two attached hydrogens (primary N) is 1. The first kappa shape index (κ1) is 12.6. The van der Waals surface area contributed by atoms with Gasteiger partial charge in [0.25, 0.3) is 0 Å². The van der Waals surface area contributed by atoms with Gasteiger partial charge in [-0.1, -0.05) is 36.4 Å². The van der Waals surface area contributed by atoms with Gasteiger partial charge in [-0.05, 0) is 18.4 Å². The van der Waals surface area contributed by atoms with Crippen molar-refractivity contribution in [2.45, 2.75) is 32.7 Å². The molecule has 0 bridgehead atoms. The molecule has 17 heavy (non-hydrogen) atoms. The fourth-order valence-electron chi connectivity index (χ4n) is 1.99. The van der Waals surface area contributed by atoms with Crippen LogP contribution in [0.1, 0.15) is 38.3 Å². The molecule has 1 unspecified atom stereocenters. The number of rotatable bonds is 3. The maximum Gasteiger partial charge on any atom is 0.146 e. The summed E-state index contributed by atoms with van der Waals surface area (Å²) in [7, 11) is 0. The summed E-state index contributed by atoms with van der Waals surface area (Å²) in [5.41, 5.74) is 8.16. The lowest BCUT2D eigenvalue weighted by Crippen LogP contribution is -2.05. The Morgan fingerprint density at radius 3 is 2.65 bits per heavy atom. The van der Waals surface area contributed by atoms with Gasteiger partial charge in [-0.15, -0.1) is 0 Å². The summed E-state index contributed by atoms with van der Waals surface area (Å²) < 4.78 is 3.25. The van der Waals surface area contributed by atoms with Crippen LogP contribution in [0.5, 0.6) is 0 Å². The van der Waals surface area contributed by atoms with E-state index in [1.165, 1.54) is 11.9 Å². The summed E-state index contributed by atoms with van der Waals surface area (Å²) in [4.78, 5) is 8.48. The van der Waals surface area contributed by atoms with Crippen LogP contribution in [-0.4, -0.2) is 19.0 Å². The average Bonchev–Trinajstić information content (AvgIpc) is 2.69. The van der Waals surface area contributed by atoms with Gasteiger partial charge < -0.3 is 10.3 Å². The number of aromatic nitrogens is 3. The van der Waals surface area contributed by atoms with E-state index >= 15 is 0 Å². The Hall–Kier alpha value is -0.850. The minimum Gasteiger partial charge on any atom is -0.383 e. The highest BCUT2D eigenvalue weighted by molar-refractivity contribution is 14.1. The molecule has 0 saturated heterocycles. The number of fused-ring (bicyclic) bond motifs is 1. The molecule has 2 aromatic rings. The van der Waals surface area contributed by atoms with E-state index in [4.69, 9.17) is 5.73 Å². The first-order valence-electron chi connectivity index (χ1n) is 5.73. The van der Waals surface area contributed by atoms with Crippen LogP contribution in [0.2, 0.25) is 0 Å². The van der Waals surface area contributed by atoms with Gasteiger partial charge in [0.05, 0.1) is 5.39 Å². The van der Waals surface area contributed by atoms with E-state index in [1.807, 2.05) is 0 Å². The molecule has 4 nitrogen and oxygen atoms in total. The number of nitrogens with zero attached hydrogens (tertiary/aromatic N) is 3. The van der Waals surface area contributed by atoms with Gasteiger partial charge in [0, 0.05) is 16.7 Å². The Bertz CT molecular complexity index is 533. The molecule has 0 radical (unpaired) electrons. The van der Waals surface area contributed by atoms with Crippen molar-refractivity contribution in [3.05, 3.63) is 18.1 Å². The minimum absolute atomic E-state index is 0.417. The van der Waals surface area contributed by atoms with Crippen molar-refractivity contribution < 1.29 is 0 Å². The summed E-state index contributed by atoms with van der Waals surface area (Å²) in [6.45, 7) is 6.52. The Morgan fingerprint density at radius 1 is 1.35 bits per heavy atom. The Morgan fingerprint density at radius 2 is 2.06 bits per heavy atom. The third-order valence-electron chi connectivity index (χ3n) is 2.99. The predicted molar refractivity (Wildman–Crippen MR) is 79.6 cm³/mol. The van der Waals surface area contributed by atoms with Crippen LogP contribution in [-0.2, 0) is 0 Å². The summed E-state index contributed by atoms with van der Waals surface area (Å²) >= 11 is 2.39. The van der Waals surface area contributed by atoms with Gasteiger partial charge in [0.15, 0.2) is 0 Å². The number of halogens is 1. The highest BCUT2D eigenvalue weighted by Crippen LogP contribution is 2.31. The standard InChI is InChI=1S/C12H17IN4/c1-7(2)9-5-17(8(3)4-13)12-10(9)11(14)15-6-16-12/h5-8H,4H2,1-3H3,(H2,14,15,16). The van der Waals surface area contributed by atoms with Crippen molar-refractivity contribution in [1.29, 1.82) is 0 Å². The molecule has 0 amide bonds. The first-order valence-corrected chi connectivity index (χ1v) is 7.25. The lowest BCUT2D eigenvalue weighted by atomic mass is 10.0. The van der Waals surface area contributed by atoms with Crippen LogP contribution in [0.4, 0.5) is 5.82 Å². The second kappa shape index (κ2) is 4.80. The van der Waals surface area contributed by atoms with E-state index in [2.05, 4.69) is 64.1 Å². The summed E-state index contributed by atoms with van der Waals surface area (Å²) in [5, 5.41) is 1.01. The van der Waals surface area contributed by atoms with Crippen molar-refractivity contribution in [2.24, 2.45) is 0 Å². The van der Waals surface area contributed by atoms with Crippen LogP contribution in [0.25, 0.3) is 11.0 Å². The van der Waals surface area contributed by atoms with E-state index in [-0.39, 0.29) is 0 Å². The quantitative estimate of drug-likeness (QED) is 0.688. The molecule has 5 heteroatoms. The second-order valence-corrected chi connectivity index (χ2v) is 5.49. The van der Waals surface area contributed by atoms with Crippen LogP contribution in [0.3, 0.4) is 0 Å². The molecule has 0 aliphatic heterocycles. The van der Waals surface area contributed by atoms with E-state index in [0.29, 0.717) is 17.8 Å². The Kier molecular flexibility index (Phi) is 3.56. The molecular weight excluding hydrogens is 327 g/mol. The van der Waals surface area contributed by atoms with Crippen molar-refractivity contribution in [3.8, 4) is 0 Å². The predicted octanol–water partition coefficient (Wildman–Crippen LogP) is 3.13. The third-order valence-corrected chi connectivity index (χ3v) is 4.26. The molecule has 0 aliphatic rings. The molecule has 0 spiro atoms. The molecule has 1 atom stereocenters. The van der Waals surface area contributed by atoms with Gasteiger partial charge in [0.1, 0.15) is 17.8 Å². The highest BCUT2D eigenvalue weighted by Gasteiger charge is 2.17. The molecule has 2 aromatic heterocycles. The minimum atomic E-state index is 0.417. The molecule has 0 fully saturated rings. The molecule has 0 aromatic carbocycles. The second-order valence-electron chi connectivity index (χ2n) is 4.61. The van der Waals surface area contributed by atoms with Crippen LogP contribution in [0, 0.1) is 0 Å². The van der Waals surface area contributed by atoms with Crippen molar-refractivity contribution >= 4 is 39.4 Å². The Labute approximate surface area is 115 Å². The zero-order chi connectivity index (χ0) is 12.6. The fraction of sp³-hybridized carbons (Fsp3) is 0.500. The summed E-state index contributed by atoms with van der Waals surface area (Å²) in [5.74, 6) is 1.01.